The zero-order valence-electron chi connectivity index (χ0n) is 9.90. The fourth-order valence-electron chi connectivity index (χ4n) is 2.07. The molecule has 1 aliphatic heterocycles. The van der Waals surface area contributed by atoms with Crippen LogP contribution in [-0.4, -0.2) is 17.8 Å². The number of benzene rings is 1. The number of hydrogen-bond acceptors (Lipinski definition) is 3. The molecule has 19 heavy (non-hydrogen) atoms. The smallest absolute Gasteiger partial charge is 0.277 e. The Kier molecular flexibility index (Phi) is 3.70. The fourth-order valence-corrected chi connectivity index (χ4v) is 2.43. The average Bonchev–Trinajstić information content (AvgIpc) is 2.35. The van der Waals surface area contributed by atoms with E-state index < -0.39 is 23.3 Å². The molecule has 0 atom stereocenters. The van der Waals surface area contributed by atoms with Crippen LogP contribution in [0.15, 0.2) is 36.9 Å². The van der Waals surface area contributed by atoms with Crippen molar-refractivity contribution in [3.05, 3.63) is 46.1 Å². The van der Waals surface area contributed by atoms with Crippen LogP contribution in [0.5, 0.6) is 0 Å². The number of urea groups is 1. The number of carbonyl (C=O) groups is 3. The molecule has 1 aliphatic rings. The van der Waals surface area contributed by atoms with Crippen molar-refractivity contribution in [2.75, 3.05) is 0 Å². The molecule has 5 nitrogen and oxygen atoms in total. The van der Waals surface area contributed by atoms with Crippen molar-refractivity contribution in [1.82, 2.24) is 10.6 Å². The lowest BCUT2D eigenvalue weighted by molar-refractivity contribution is -0.138. The number of barbiturate groups is 1. The van der Waals surface area contributed by atoms with E-state index in [1.54, 1.807) is 24.3 Å². The maximum absolute atomic E-state index is 12.2. The van der Waals surface area contributed by atoms with Crippen LogP contribution >= 0.6 is 22.6 Å². The number of rotatable bonds is 3. The Morgan fingerprint density at radius 2 is 1.63 bits per heavy atom. The van der Waals surface area contributed by atoms with Crippen LogP contribution in [0.25, 0.3) is 0 Å². The third kappa shape index (κ3) is 2.27. The summed E-state index contributed by atoms with van der Waals surface area (Å²) >= 11 is 2.13. The van der Waals surface area contributed by atoms with Crippen molar-refractivity contribution in [2.45, 2.75) is 11.8 Å². The van der Waals surface area contributed by atoms with E-state index in [9.17, 15) is 14.4 Å². The number of carbonyl (C=O) groups excluding carboxylic acids is 3. The number of amides is 4. The molecule has 0 saturated carbocycles. The van der Waals surface area contributed by atoms with Gasteiger partial charge in [-0.25, -0.2) is 4.79 Å². The van der Waals surface area contributed by atoms with Crippen molar-refractivity contribution < 1.29 is 14.4 Å². The van der Waals surface area contributed by atoms with Crippen molar-refractivity contribution >= 4 is 40.4 Å². The molecule has 0 spiro atoms. The molecule has 1 heterocycles. The van der Waals surface area contributed by atoms with Gasteiger partial charge in [0.15, 0.2) is 5.41 Å². The number of halogens is 1. The molecule has 98 valence electrons. The SMILES string of the molecule is C=CCC1(c2ccc(I)cc2)C(=O)NC(=O)NC1=O. The van der Waals surface area contributed by atoms with Crippen molar-refractivity contribution in [2.24, 2.45) is 0 Å². The van der Waals surface area contributed by atoms with E-state index >= 15 is 0 Å². The maximum atomic E-state index is 12.2. The number of imide groups is 2. The van der Waals surface area contributed by atoms with Crippen molar-refractivity contribution in [3.63, 3.8) is 0 Å². The summed E-state index contributed by atoms with van der Waals surface area (Å²) in [5, 5.41) is 4.28. The first-order valence-electron chi connectivity index (χ1n) is 5.54. The summed E-state index contributed by atoms with van der Waals surface area (Å²) in [5.74, 6) is -1.25. The van der Waals surface area contributed by atoms with Crippen LogP contribution in [0, 0.1) is 3.57 Å². The lowest BCUT2D eigenvalue weighted by atomic mass is 9.75. The zero-order valence-corrected chi connectivity index (χ0v) is 12.1. The molecule has 0 bridgehead atoms. The summed E-state index contributed by atoms with van der Waals surface area (Å²) in [7, 11) is 0. The Hall–Kier alpha value is -1.70. The van der Waals surface area contributed by atoms with Gasteiger partial charge < -0.3 is 0 Å². The molecule has 1 aromatic rings. The Morgan fingerprint density at radius 3 is 2.11 bits per heavy atom. The van der Waals surface area contributed by atoms with E-state index in [4.69, 9.17) is 0 Å². The second-order valence-corrected chi connectivity index (χ2v) is 5.39. The zero-order chi connectivity index (χ0) is 14.0. The first-order chi connectivity index (χ1) is 9.00. The van der Waals surface area contributed by atoms with E-state index in [0.717, 1.165) is 3.57 Å². The molecule has 1 saturated heterocycles. The topological polar surface area (TPSA) is 75.3 Å². The van der Waals surface area contributed by atoms with Crippen LogP contribution in [0.4, 0.5) is 4.79 Å². The molecule has 0 aromatic heterocycles. The van der Waals surface area contributed by atoms with E-state index in [-0.39, 0.29) is 6.42 Å². The Labute approximate surface area is 123 Å². The maximum Gasteiger partial charge on any atom is 0.328 e. The second-order valence-electron chi connectivity index (χ2n) is 4.14. The standard InChI is InChI=1S/C13H11IN2O3/c1-2-7-13(8-3-5-9(14)6-4-8)10(17)15-12(19)16-11(13)18/h2-6H,1,7H2,(H2,15,16,17,18,19). The van der Waals surface area contributed by atoms with E-state index in [1.807, 2.05) is 0 Å². The summed E-state index contributed by atoms with van der Waals surface area (Å²) in [6, 6.07) is 6.23. The minimum absolute atomic E-state index is 0.124. The van der Waals surface area contributed by atoms with Crippen molar-refractivity contribution in [3.8, 4) is 0 Å². The molecule has 1 fully saturated rings. The van der Waals surface area contributed by atoms with Crippen LogP contribution in [0.2, 0.25) is 0 Å². The number of nitrogens with one attached hydrogen (secondary N) is 2. The molecule has 1 aromatic carbocycles. The third-order valence-corrected chi connectivity index (χ3v) is 3.74. The highest BCUT2D eigenvalue weighted by atomic mass is 127. The number of hydrogen-bond donors (Lipinski definition) is 2. The average molecular weight is 370 g/mol. The van der Waals surface area contributed by atoms with Gasteiger partial charge in [-0.05, 0) is 46.7 Å². The normalized spacial score (nSPS) is 17.6. The molecule has 2 rings (SSSR count). The third-order valence-electron chi connectivity index (χ3n) is 3.02. The quantitative estimate of drug-likeness (QED) is 0.481. The van der Waals surface area contributed by atoms with E-state index in [1.165, 1.54) is 6.08 Å². The van der Waals surface area contributed by atoms with Crippen LogP contribution in [-0.2, 0) is 15.0 Å². The highest BCUT2D eigenvalue weighted by molar-refractivity contribution is 14.1. The summed E-state index contributed by atoms with van der Waals surface area (Å²) in [5.41, 5.74) is -0.893. The predicted octanol–water partition coefficient (Wildman–Crippen LogP) is 1.47. The van der Waals surface area contributed by atoms with Gasteiger partial charge >= 0.3 is 6.03 Å². The molecule has 0 aliphatic carbocycles. The van der Waals surface area contributed by atoms with Gasteiger partial charge in [-0.2, -0.15) is 0 Å². The summed E-state index contributed by atoms with van der Waals surface area (Å²) in [4.78, 5) is 35.5. The summed E-state index contributed by atoms with van der Waals surface area (Å²) in [6.07, 6.45) is 1.62. The van der Waals surface area contributed by atoms with E-state index in [2.05, 4.69) is 39.8 Å². The molecule has 6 heteroatoms. The van der Waals surface area contributed by atoms with Gasteiger partial charge in [0.2, 0.25) is 11.8 Å². The lowest BCUT2D eigenvalue weighted by Gasteiger charge is -2.33. The monoisotopic (exact) mass is 370 g/mol. The van der Waals surface area contributed by atoms with Gasteiger partial charge in [-0.3, -0.25) is 20.2 Å². The Balaban J connectivity index is 2.56. The first-order valence-corrected chi connectivity index (χ1v) is 6.62. The van der Waals surface area contributed by atoms with Crippen LogP contribution < -0.4 is 10.6 Å². The second kappa shape index (κ2) is 5.12. The Morgan fingerprint density at radius 1 is 1.11 bits per heavy atom. The van der Waals surface area contributed by atoms with Gasteiger partial charge in [0.1, 0.15) is 0 Å². The molecular formula is C13H11IN2O3. The van der Waals surface area contributed by atoms with Gasteiger partial charge in [0.25, 0.3) is 0 Å². The largest absolute Gasteiger partial charge is 0.328 e. The Bertz CT molecular complexity index is 546. The molecular weight excluding hydrogens is 359 g/mol. The van der Waals surface area contributed by atoms with Gasteiger partial charge in [0, 0.05) is 3.57 Å². The molecule has 4 amide bonds. The highest BCUT2D eigenvalue weighted by Gasteiger charge is 2.50. The summed E-state index contributed by atoms with van der Waals surface area (Å²) in [6.45, 7) is 3.58. The van der Waals surface area contributed by atoms with E-state index in [0.29, 0.717) is 5.56 Å². The molecule has 0 radical (unpaired) electrons. The fraction of sp³-hybridized carbons (Fsp3) is 0.154. The predicted molar refractivity (Wildman–Crippen MR) is 77.3 cm³/mol. The summed E-state index contributed by atoms with van der Waals surface area (Å²) < 4.78 is 0.989. The minimum atomic E-state index is -1.43. The highest BCUT2D eigenvalue weighted by Crippen LogP contribution is 2.31. The van der Waals surface area contributed by atoms with Crippen LogP contribution in [0.1, 0.15) is 12.0 Å². The molecule has 0 unspecified atom stereocenters. The first kappa shape index (κ1) is 13.7. The van der Waals surface area contributed by atoms with Crippen molar-refractivity contribution in [1.29, 1.82) is 0 Å². The minimum Gasteiger partial charge on any atom is -0.277 e. The van der Waals surface area contributed by atoms with Gasteiger partial charge in [0.05, 0.1) is 0 Å². The number of allylic oxidation sites excluding steroid dienone is 1. The lowest BCUT2D eigenvalue weighted by Crippen LogP contribution is -2.64. The van der Waals surface area contributed by atoms with Crippen LogP contribution in [0.3, 0.4) is 0 Å². The van der Waals surface area contributed by atoms with Gasteiger partial charge in [-0.1, -0.05) is 18.2 Å². The molecule has 2 N–H and O–H groups in total. The van der Waals surface area contributed by atoms with Gasteiger partial charge in [-0.15, -0.1) is 6.58 Å².